The second kappa shape index (κ2) is 5.35. The lowest BCUT2D eigenvalue weighted by Gasteiger charge is -2.14. The minimum Gasteiger partial charge on any atom is -0.305 e. The monoisotopic (exact) mass is 288 g/mol. The van der Waals surface area contributed by atoms with Gasteiger partial charge in [0.15, 0.2) is 5.82 Å². The normalized spacial score (nSPS) is 11.2. The molecule has 1 aromatic carbocycles. The van der Waals surface area contributed by atoms with Crippen molar-refractivity contribution in [2.24, 2.45) is 0 Å². The number of nitrogens with zero attached hydrogens (tertiary/aromatic N) is 2. The number of amides is 1. The summed E-state index contributed by atoms with van der Waals surface area (Å²) in [5.41, 5.74) is 1.09. The Balaban J connectivity index is 2.11. The molecule has 1 amide bonds. The highest BCUT2D eigenvalue weighted by Gasteiger charge is 2.18. The maximum atomic E-state index is 12.0. The number of benzene rings is 1. The number of anilines is 1. The second-order valence-electron chi connectivity index (χ2n) is 5.67. The number of H-pyrrole nitrogens is 1. The van der Waals surface area contributed by atoms with E-state index in [1.54, 1.807) is 6.07 Å². The van der Waals surface area contributed by atoms with Crippen LogP contribution in [0.5, 0.6) is 0 Å². The van der Waals surface area contributed by atoms with Crippen molar-refractivity contribution in [3.8, 4) is 0 Å². The summed E-state index contributed by atoms with van der Waals surface area (Å²) in [5.74, 6) is 0.0557. The average molecular weight is 288 g/mol. The quantitative estimate of drug-likeness (QED) is 0.669. The first kappa shape index (κ1) is 14.7. The Morgan fingerprint density at radius 2 is 1.90 bits per heavy atom. The van der Waals surface area contributed by atoms with Crippen LogP contribution in [0.25, 0.3) is 0 Å². The molecule has 2 N–H and O–H groups in total. The highest BCUT2D eigenvalue weighted by atomic mass is 16.6. The van der Waals surface area contributed by atoms with Crippen molar-refractivity contribution in [2.45, 2.75) is 26.2 Å². The van der Waals surface area contributed by atoms with E-state index in [1.807, 2.05) is 20.8 Å². The molecule has 7 heteroatoms. The van der Waals surface area contributed by atoms with Crippen molar-refractivity contribution in [3.05, 3.63) is 51.7 Å². The molecule has 0 radical (unpaired) electrons. The van der Waals surface area contributed by atoms with E-state index in [9.17, 15) is 14.9 Å². The van der Waals surface area contributed by atoms with Crippen LogP contribution < -0.4 is 5.32 Å². The summed E-state index contributed by atoms with van der Waals surface area (Å²) >= 11 is 0. The lowest BCUT2D eigenvalue weighted by atomic mass is 9.92. The van der Waals surface area contributed by atoms with Crippen LogP contribution in [0.15, 0.2) is 30.3 Å². The number of nitro groups is 1. The molecule has 1 aromatic heterocycles. The van der Waals surface area contributed by atoms with Crippen LogP contribution in [0.2, 0.25) is 0 Å². The van der Waals surface area contributed by atoms with E-state index < -0.39 is 4.92 Å². The molecule has 0 aliphatic heterocycles. The van der Waals surface area contributed by atoms with Gasteiger partial charge in [0.1, 0.15) is 0 Å². The van der Waals surface area contributed by atoms with Gasteiger partial charge in [-0.25, -0.2) is 0 Å². The predicted molar refractivity (Wildman–Crippen MR) is 78.3 cm³/mol. The Labute approximate surface area is 121 Å². The van der Waals surface area contributed by atoms with Gasteiger partial charge in [-0.05, 0) is 12.1 Å². The summed E-state index contributed by atoms with van der Waals surface area (Å²) in [6.07, 6.45) is 0. The fourth-order valence-corrected chi connectivity index (χ4v) is 1.69. The topological polar surface area (TPSA) is 101 Å². The molecule has 0 aliphatic carbocycles. The number of aromatic amines is 1. The molecule has 0 saturated carbocycles. The summed E-state index contributed by atoms with van der Waals surface area (Å²) < 4.78 is 0. The Kier molecular flexibility index (Phi) is 3.75. The van der Waals surface area contributed by atoms with Gasteiger partial charge in [0.2, 0.25) is 0 Å². The van der Waals surface area contributed by atoms with Gasteiger partial charge in [0.05, 0.1) is 4.92 Å². The van der Waals surface area contributed by atoms with Crippen molar-refractivity contribution in [2.75, 3.05) is 5.32 Å². The van der Waals surface area contributed by atoms with Gasteiger partial charge in [-0.15, -0.1) is 0 Å². The lowest BCUT2D eigenvalue weighted by Crippen LogP contribution is -2.12. The Morgan fingerprint density at radius 1 is 1.29 bits per heavy atom. The fraction of sp³-hybridized carbons (Fsp3) is 0.286. The molecule has 0 spiro atoms. The molecule has 0 fully saturated rings. The highest BCUT2D eigenvalue weighted by Crippen LogP contribution is 2.22. The molecule has 0 saturated heterocycles. The molecule has 0 unspecified atom stereocenters. The van der Waals surface area contributed by atoms with E-state index in [0.717, 1.165) is 5.69 Å². The van der Waals surface area contributed by atoms with E-state index in [4.69, 9.17) is 0 Å². The molecule has 2 aromatic rings. The fourth-order valence-electron chi connectivity index (χ4n) is 1.69. The predicted octanol–water partition coefficient (Wildman–Crippen LogP) is 2.87. The number of aromatic nitrogens is 2. The summed E-state index contributed by atoms with van der Waals surface area (Å²) in [5, 5.41) is 20.1. The standard InChI is InChI=1S/C14H16N4O3/c1-14(2,3)11-8-12(17-16-11)15-13(19)9-4-6-10(7-5-9)18(20)21/h4-8H,1-3H3,(H2,15,16,17,19). The van der Waals surface area contributed by atoms with Crippen molar-refractivity contribution >= 4 is 17.4 Å². The maximum Gasteiger partial charge on any atom is 0.269 e. The van der Waals surface area contributed by atoms with Crippen molar-refractivity contribution in [3.63, 3.8) is 0 Å². The molecule has 0 bridgehead atoms. The van der Waals surface area contributed by atoms with Crippen LogP contribution >= 0.6 is 0 Å². The summed E-state index contributed by atoms with van der Waals surface area (Å²) in [6, 6.07) is 7.17. The van der Waals surface area contributed by atoms with Crippen LogP contribution in [0.3, 0.4) is 0 Å². The minimum atomic E-state index is -0.509. The van der Waals surface area contributed by atoms with Crippen LogP contribution in [0.4, 0.5) is 11.5 Å². The molecule has 21 heavy (non-hydrogen) atoms. The third kappa shape index (κ3) is 3.44. The zero-order valence-electron chi connectivity index (χ0n) is 12.0. The van der Waals surface area contributed by atoms with E-state index in [-0.39, 0.29) is 17.0 Å². The third-order valence-electron chi connectivity index (χ3n) is 2.97. The van der Waals surface area contributed by atoms with Crippen LogP contribution in [-0.2, 0) is 5.41 Å². The highest BCUT2D eigenvalue weighted by molar-refractivity contribution is 6.03. The van der Waals surface area contributed by atoms with E-state index in [2.05, 4.69) is 15.5 Å². The number of carbonyl (C=O) groups excluding carboxylic acids is 1. The summed E-state index contributed by atoms with van der Waals surface area (Å²) in [7, 11) is 0. The zero-order valence-corrected chi connectivity index (χ0v) is 12.0. The number of hydrogen-bond acceptors (Lipinski definition) is 4. The van der Waals surface area contributed by atoms with Crippen LogP contribution in [0, 0.1) is 10.1 Å². The van der Waals surface area contributed by atoms with E-state index >= 15 is 0 Å². The Hall–Kier alpha value is -2.70. The van der Waals surface area contributed by atoms with Crippen LogP contribution in [-0.4, -0.2) is 21.0 Å². The van der Waals surface area contributed by atoms with Gasteiger partial charge < -0.3 is 5.32 Å². The first-order valence-corrected chi connectivity index (χ1v) is 6.39. The Bertz CT molecular complexity index is 668. The SMILES string of the molecule is CC(C)(C)c1cc(NC(=O)c2ccc([N+](=O)[O-])cc2)n[nH]1. The van der Waals surface area contributed by atoms with Crippen molar-refractivity contribution in [1.29, 1.82) is 0 Å². The summed E-state index contributed by atoms with van der Waals surface area (Å²) in [6.45, 7) is 6.09. The number of non-ortho nitro benzene ring substituents is 1. The van der Waals surface area contributed by atoms with E-state index in [0.29, 0.717) is 11.4 Å². The molecule has 0 aliphatic rings. The van der Waals surface area contributed by atoms with Gasteiger partial charge in [-0.1, -0.05) is 20.8 Å². The largest absolute Gasteiger partial charge is 0.305 e. The average Bonchev–Trinajstić information content (AvgIpc) is 2.87. The molecule has 1 heterocycles. The molecular weight excluding hydrogens is 272 g/mol. The van der Waals surface area contributed by atoms with Gasteiger partial charge in [0.25, 0.3) is 11.6 Å². The van der Waals surface area contributed by atoms with Crippen molar-refractivity contribution in [1.82, 2.24) is 10.2 Å². The van der Waals surface area contributed by atoms with Gasteiger partial charge in [0, 0.05) is 34.9 Å². The van der Waals surface area contributed by atoms with Gasteiger partial charge in [-0.2, -0.15) is 5.10 Å². The first-order chi connectivity index (χ1) is 9.77. The zero-order chi connectivity index (χ0) is 15.6. The van der Waals surface area contributed by atoms with E-state index in [1.165, 1.54) is 24.3 Å². The maximum absolute atomic E-state index is 12.0. The molecule has 0 atom stereocenters. The first-order valence-electron chi connectivity index (χ1n) is 6.39. The van der Waals surface area contributed by atoms with Crippen molar-refractivity contribution < 1.29 is 9.72 Å². The number of carbonyl (C=O) groups is 1. The molecular formula is C14H16N4O3. The van der Waals surface area contributed by atoms with Gasteiger partial charge in [-0.3, -0.25) is 20.0 Å². The lowest BCUT2D eigenvalue weighted by molar-refractivity contribution is -0.384. The smallest absolute Gasteiger partial charge is 0.269 e. The summed E-state index contributed by atoms with van der Waals surface area (Å²) in [4.78, 5) is 22.1. The molecule has 7 nitrogen and oxygen atoms in total. The van der Waals surface area contributed by atoms with Crippen LogP contribution in [0.1, 0.15) is 36.8 Å². The Morgan fingerprint density at radius 3 is 2.38 bits per heavy atom. The number of rotatable bonds is 3. The minimum absolute atomic E-state index is 0.0543. The van der Waals surface area contributed by atoms with Gasteiger partial charge >= 0.3 is 0 Å². The number of nitrogens with one attached hydrogen (secondary N) is 2. The molecule has 110 valence electrons. The molecule has 2 rings (SSSR count). The number of nitro benzene ring substituents is 1. The third-order valence-corrected chi connectivity index (χ3v) is 2.97. The second-order valence-corrected chi connectivity index (χ2v) is 5.67. The number of hydrogen-bond donors (Lipinski definition) is 2.